The predicted molar refractivity (Wildman–Crippen MR) is 233 cm³/mol. The molecule has 0 radical (unpaired) electrons. The molecule has 2 fully saturated rings. The highest BCUT2D eigenvalue weighted by molar-refractivity contribution is 5.70. The summed E-state index contributed by atoms with van der Waals surface area (Å²) in [6, 6.07) is 0. The number of esters is 2. The van der Waals surface area contributed by atoms with E-state index >= 15 is 0 Å². The topological polar surface area (TPSA) is 231 Å². The van der Waals surface area contributed by atoms with Crippen LogP contribution in [0.3, 0.4) is 0 Å². The lowest BCUT2D eigenvalue weighted by Gasteiger charge is -2.42. The fourth-order valence-corrected chi connectivity index (χ4v) is 6.97. The van der Waals surface area contributed by atoms with E-state index in [4.69, 9.17) is 28.4 Å². The fourth-order valence-electron chi connectivity index (χ4n) is 6.97. The van der Waals surface area contributed by atoms with Crippen LogP contribution < -0.4 is 0 Å². The smallest absolute Gasteiger partial charge is 0.306 e. The number of hydrogen-bond acceptors (Lipinski definition) is 15. The van der Waals surface area contributed by atoms with Crippen molar-refractivity contribution in [3.8, 4) is 0 Å². The lowest BCUT2D eigenvalue weighted by molar-refractivity contribution is -0.332. The third kappa shape index (κ3) is 23.4. The number of carbonyl (C=O) groups excluding carboxylic acids is 2. The number of carbonyl (C=O) groups is 2. The Morgan fingerprint density at radius 3 is 1.60 bits per heavy atom. The number of hydrogen-bond donors (Lipinski definition) is 7. The maximum Gasteiger partial charge on any atom is 0.306 e. The zero-order valence-corrected chi connectivity index (χ0v) is 37.3. The van der Waals surface area contributed by atoms with E-state index in [2.05, 4.69) is 62.5 Å². The molecule has 0 aromatic heterocycles. The Morgan fingerprint density at radius 1 is 0.532 bits per heavy atom. The van der Waals surface area contributed by atoms with Gasteiger partial charge in [0, 0.05) is 12.8 Å². The Labute approximate surface area is 369 Å². The second kappa shape index (κ2) is 34.8. The van der Waals surface area contributed by atoms with Crippen LogP contribution in [0.25, 0.3) is 0 Å². The molecule has 2 aliphatic rings. The summed E-state index contributed by atoms with van der Waals surface area (Å²) in [5, 5.41) is 71.7. The van der Waals surface area contributed by atoms with Crippen molar-refractivity contribution in [1.82, 2.24) is 0 Å². The van der Waals surface area contributed by atoms with Gasteiger partial charge >= 0.3 is 11.9 Å². The highest BCUT2D eigenvalue weighted by atomic mass is 16.7. The van der Waals surface area contributed by atoms with Crippen LogP contribution in [0.2, 0.25) is 0 Å². The number of rotatable bonds is 34. The van der Waals surface area contributed by atoms with Crippen LogP contribution in [0.1, 0.15) is 142 Å². The molecule has 7 N–H and O–H groups in total. The summed E-state index contributed by atoms with van der Waals surface area (Å²) in [7, 11) is 0. The van der Waals surface area contributed by atoms with E-state index < -0.39 is 92.7 Å². The molecule has 15 heteroatoms. The quantitative estimate of drug-likeness (QED) is 0.0252. The Balaban J connectivity index is 1.76. The zero-order valence-electron chi connectivity index (χ0n) is 37.3. The van der Waals surface area contributed by atoms with Gasteiger partial charge in [-0.2, -0.15) is 0 Å². The number of allylic oxidation sites excluding steroid dienone is 8. The van der Waals surface area contributed by atoms with Gasteiger partial charge in [0.2, 0.25) is 0 Å². The Bertz CT molecular complexity index is 1270. The minimum Gasteiger partial charge on any atom is -0.462 e. The molecule has 0 aromatic carbocycles. The first-order chi connectivity index (χ1) is 30.0. The first-order valence-electron chi connectivity index (χ1n) is 23.2. The average molecular weight is 885 g/mol. The molecule has 0 spiro atoms. The molecular formula is C47H80O15. The van der Waals surface area contributed by atoms with Crippen molar-refractivity contribution in [2.45, 2.75) is 210 Å². The largest absolute Gasteiger partial charge is 0.462 e. The number of aliphatic hydroxyl groups is 7. The first kappa shape index (κ1) is 55.6. The van der Waals surface area contributed by atoms with Crippen LogP contribution in [-0.2, 0) is 38.0 Å². The molecule has 0 aliphatic carbocycles. The van der Waals surface area contributed by atoms with E-state index in [0.717, 1.165) is 83.5 Å². The molecule has 2 aliphatic heterocycles. The van der Waals surface area contributed by atoms with Crippen molar-refractivity contribution < 1.29 is 73.8 Å². The second-order valence-electron chi connectivity index (χ2n) is 16.2. The Kier molecular flexibility index (Phi) is 31.2. The minimum atomic E-state index is -1.76. The summed E-state index contributed by atoms with van der Waals surface area (Å²) >= 11 is 0. The summed E-state index contributed by atoms with van der Waals surface area (Å²) in [4.78, 5) is 25.4. The predicted octanol–water partition coefficient (Wildman–Crippen LogP) is 5.15. The third-order valence-electron chi connectivity index (χ3n) is 10.8. The molecule has 0 saturated carbocycles. The lowest BCUT2D eigenvalue weighted by atomic mass is 9.98. The van der Waals surface area contributed by atoms with Gasteiger partial charge in [-0.3, -0.25) is 9.59 Å². The molecule has 0 aromatic rings. The normalized spacial score (nSPS) is 27.5. The van der Waals surface area contributed by atoms with E-state index in [-0.39, 0.29) is 26.1 Å². The van der Waals surface area contributed by atoms with Crippen LogP contribution in [0.15, 0.2) is 48.6 Å². The van der Waals surface area contributed by atoms with Crippen molar-refractivity contribution in [3.05, 3.63) is 48.6 Å². The lowest BCUT2D eigenvalue weighted by Crippen LogP contribution is -2.61. The van der Waals surface area contributed by atoms with E-state index in [1.54, 1.807) is 0 Å². The monoisotopic (exact) mass is 885 g/mol. The van der Waals surface area contributed by atoms with Gasteiger partial charge < -0.3 is 64.2 Å². The molecule has 2 heterocycles. The molecule has 62 heavy (non-hydrogen) atoms. The van der Waals surface area contributed by atoms with E-state index in [0.29, 0.717) is 12.8 Å². The Morgan fingerprint density at radius 2 is 1.02 bits per heavy atom. The maximum absolute atomic E-state index is 12.9. The van der Waals surface area contributed by atoms with Gasteiger partial charge in [-0.1, -0.05) is 127 Å². The molecule has 11 unspecified atom stereocenters. The average Bonchev–Trinajstić information content (AvgIpc) is 3.26. The van der Waals surface area contributed by atoms with Gasteiger partial charge in [0.25, 0.3) is 0 Å². The number of aliphatic hydroxyl groups excluding tert-OH is 7. The van der Waals surface area contributed by atoms with Gasteiger partial charge in [0.15, 0.2) is 18.7 Å². The third-order valence-corrected chi connectivity index (χ3v) is 10.8. The highest BCUT2D eigenvalue weighted by Gasteiger charge is 2.47. The number of unbranched alkanes of at least 4 members (excludes halogenated alkanes) is 12. The van der Waals surface area contributed by atoms with Crippen molar-refractivity contribution in [2.75, 3.05) is 26.4 Å². The van der Waals surface area contributed by atoms with E-state index in [9.17, 15) is 45.3 Å². The summed E-state index contributed by atoms with van der Waals surface area (Å²) in [6.07, 6.45) is 19.2. The van der Waals surface area contributed by atoms with Crippen LogP contribution in [0.5, 0.6) is 0 Å². The van der Waals surface area contributed by atoms with E-state index in [1.807, 2.05) is 0 Å². The molecular weight excluding hydrogens is 805 g/mol. The Hall–Kier alpha value is -2.54. The molecule has 15 nitrogen and oxygen atoms in total. The minimum absolute atomic E-state index is 0.154. The SMILES string of the molecule is CC/C=C\C/C=C\C/C=C\C/C=C\CCCCCCCCCCC(=O)OC(COC(=O)CCCCCCC)COC1OC(COC2OC(CO)C(O)C(O)C2O)C(O)C(O)C1O. The molecule has 0 amide bonds. The zero-order chi connectivity index (χ0) is 45.4. The van der Waals surface area contributed by atoms with E-state index in [1.165, 1.54) is 19.3 Å². The van der Waals surface area contributed by atoms with Crippen LogP contribution in [-0.4, -0.2) is 142 Å². The molecule has 2 rings (SSSR count). The van der Waals surface area contributed by atoms with Crippen molar-refractivity contribution in [2.24, 2.45) is 0 Å². The highest BCUT2D eigenvalue weighted by Crippen LogP contribution is 2.26. The molecule has 11 atom stereocenters. The summed E-state index contributed by atoms with van der Waals surface area (Å²) in [6.45, 7) is 2.34. The molecule has 358 valence electrons. The number of ether oxygens (including phenoxy) is 6. The van der Waals surface area contributed by atoms with Gasteiger partial charge in [0.05, 0.1) is 19.8 Å². The van der Waals surface area contributed by atoms with Crippen LogP contribution in [0, 0.1) is 0 Å². The van der Waals surface area contributed by atoms with Crippen LogP contribution >= 0.6 is 0 Å². The van der Waals surface area contributed by atoms with Crippen LogP contribution in [0.4, 0.5) is 0 Å². The van der Waals surface area contributed by atoms with Crippen molar-refractivity contribution >= 4 is 11.9 Å². The van der Waals surface area contributed by atoms with Gasteiger partial charge in [-0.25, -0.2) is 0 Å². The van der Waals surface area contributed by atoms with Gasteiger partial charge in [0.1, 0.15) is 55.4 Å². The first-order valence-corrected chi connectivity index (χ1v) is 23.2. The van der Waals surface area contributed by atoms with Gasteiger partial charge in [-0.05, 0) is 51.4 Å². The fraction of sp³-hybridized carbons (Fsp3) is 0.787. The van der Waals surface area contributed by atoms with Crippen molar-refractivity contribution in [3.63, 3.8) is 0 Å². The second-order valence-corrected chi connectivity index (χ2v) is 16.2. The van der Waals surface area contributed by atoms with Crippen molar-refractivity contribution in [1.29, 1.82) is 0 Å². The molecule has 0 bridgehead atoms. The molecule has 2 saturated heterocycles. The maximum atomic E-state index is 12.9. The summed E-state index contributed by atoms with van der Waals surface area (Å²) in [5.74, 6) is -0.952. The summed E-state index contributed by atoms with van der Waals surface area (Å²) in [5.41, 5.74) is 0. The van der Waals surface area contributed by atoms with Gasteiger partial charge in [-0.15, -0.1) is 0 Å². The standard InChI is InChI=1S/C47H80O15/c1-3-5-7-9-10-11-12-13-14-15-16-17-18-19-20-21-22-23-24-26-28-30-39(50)60-35(32-57-38(49)29-27-25-8-6-4-2)33-58-46-45(56)43(54)41(52)37(62-46)34-59-47-44(55)42(53)40(51)36(31-48)61-47/h5,7,10-11,13-14,16-17,35-37,40-48,51-56H,3-4,6,8-9,12,15,18-34H2,1-2H3/b7-5-,11-10-,14-13-,17-16-. The summed E-state index contributed by atoms with van der Waals surface area (Å²) < 4.78 is 33.3.